The number of nitrogens with one attached hydrogen (secondary N) is 1. The second-order valence-corrected chi connectivity index (χ2v) is 8.07. The summed E-state index contributed by atoms with van der Waals surface area (Å²) >= 11 is 0. The highest BCUT2D eigenvalue weighted by Gasteiger charge is 2.42. The predicted molar refractivity (Wildman–Crippen MR) is 123 cm³/mol. The summed E-state index contributed by atoms with van der Waals surface area (Å²) in [7, 11) is 2.30. The first kappa shape index (κ1) is 27.6. The molecule has 0 aromatic heterocycles. The maximum Gasteiger partial charge on any atom is 0.573 e. The number of methoxy groups -OCH3 is 1. The van der Waals surface area contributed by atoms with Gasteiger partial charge in [0, 0.05) is 24.7 Å². The number of hydrogen-bond acceptors (Lipinski definition) is 6. The topological polar surface area (TPSA) is 74.3 Å². The van der Waals surface area contributed by atoms with Gasteiger partial charge < -0.3 is 19.9 Å². The summed E-state index contributed by atoms with van der Waals surface area (Å²) in [6.07, 6.45) is -7.05. The van der Waals surface area contributed by atoms with Gasteiger partial charge in [-0.15, -0.1) is 13.2 Å². The van der Waals surface area contributed by atoms with Crippen LogP contribution < -0.4 is 19.8 Å². The van der Waals surface area contributed by atoms with Gasteiger partial charge in [-0.2, -0.15) is 0 Å². The number of carbonyl (C=O) groups is 1. The number of hydrogen-bond donors (Lipinski definition) is 2. The van der Waals surface area contributed by atoms with E-state index in [2.05, 4.69) is 10.1 Å². The van der Waals surface area contributed by atoms with Crippen LogP contribution in [0.3, 0.4) is 0 Å². The molecule has 39 heavy (non-hydrogen) atoms. The van der Waals surface area contributed by atoms with Crippen molar-refractivity contribution in [3.05, 3.63) is 94.7 Å². The number of aliphatic hydroxyl groups is 1. The van der Waals surface area contributed by atoms with Crippen molar-refractivity contribution in [2.24, 2.45) is 0 Å². The summed E-state index contributed by atoms with van der Waals surface area (Å²) < 4.78 is 105. The van der Waals surface area contributed by atoms with Gasteiger partial charge in [-0.1, -0.05) is 6.07 Å². The van der Waals surface area contributed by atoms with Crippen LogP contribution in [0.25, 0.3) is 5.70 Å². The third-order valence-corrected chi connectivity index (χ3v) is 5.64. The van der Waals surface area contributed by atoms with Crippen LogP contribution in [0.5, 0.6) is 11.5 Å². The van der Waals surface area contributed by atoms with Gasteiger partial charge in [-0.25, -0.2) is 22.6 Å². The summed E-state index contributed by atoms with van der Waals surface area (Å²) in [5.74, 6) is -6.51. The Bertz CT molecular complexity index is 1400. The first-order chi connectivity index (χ1) is 18.3. The van der Waals surface area contributed by atoms with Gasteiger partial charge in [0.2, 0.25) is 0 Å². The molecule has 1 amide bonds. The van der Waals surface area contributed by atoms with Crippen LogP contribution in [0.2, 0.25) is 0 Å². The molecule has 0 fully saturated rings. The minimum Gasteiger partial charge on any atom is -0.497 e. The van der Waals surface area contributed by atoms with Crippen LogP contribution in [0.4, 0.5) is 36.4 Å². The molecule has 1 heterocycles. The van der Waals surface area contributed by atoms with Crippen molar-refractivity contribution in [3.8, 4) is 11.5 Å². The third kappa shape index (κ3) is 5.41. The number of nitrogens with zero attached hydrogens (tertiary/aromatic N) is 2. The number of carbonyl (C=O) groups excluding carboxylic acids is 1. The number of benzene rings is 3. The van der Waals surface area contributed by atoms with E-state index in [4.69, 9.17) is 4.74 Å². The van der Waals surface area contributed by atoms with Crippen molar-refractivity contribution < 1.29 is 50.1 Å². The minimum absolute atomic E-state index is 0.195. The number of amides is 1. The number of rotatable bonds is 6. The van der Waals surface area contributed by atoms with Crippen molar-refractivity contribution in [2.75, 3.05) is 19.2 Å². The van der Waals surface area contributed by atoms with Crippen molar-refractivity contribution in [2.45, 2.75) is 12.6 Å². The smallest absolute Gasteiger partial charge is 0.497 e. The van der Waals surface area contributed by atoms with Crippen LogP contribution in [-0.2, 0) is 0 Å². The Kier molecular flexibility index (Phi) is 7.33. The molecule has 3 aromatic carbocycles. The third-order valence-electron chi connectivity index (χ3n) is 5.64. The lowest BCUT2D eigenvalue weighted by Crippen LogP contribution is -2.43. The van der Waals surface area contributed by atoms with Crippen molar-refractivity contribution in [1.82, 2.24) is 10.3 Å². The number of alkyl halides is 3. The molecule has 14 heteroatoms. The molecule has 0 spiro atoms. The normalized spacial score (nSPS) is 15.6. The van der Waals surface area contributed by atoms with E-state index in [0.29, 0.717) is 5.01 Å². The molecule has 0 saturated carbocycles. The largest absolute Gasteiger partial charge is 0.573 e. The van der Waals surface area contributed by atoms with E-state index >= 15 is 8.78 Å². The van der Waals surface area contributed by atoms with Crippen molar-refractivity contribution in [3.63, 3.8) is 0 Å². The molecular weight excluding hydrogens is 539 g/mol. The zero-order chi connectivity index (χ0) is 28.6. The zero-order valence-corrected chi connectivity index (χ0v) is 20.0. The number of anilines is 1. The quantitative estimate of drug-likeness (QED) is 0.419. The molecule has 4 rings (SSSR count). The molecule has 1 aliphatic heterocycles. The molecule has 7 nitrogen and oxygen atoms in total. The number of aliphatic hydroxyl groups excluding tert-OH is 1. The van der Waals surface area contributed by atoms with Gasteiger partial charge in [-0.05, 0) is 36.4 Å². The van der Waals surface area contributed by atoms with E-state index in [1.165, 1.54) is 0 Å². The summed E-state index contributed by atoms with van der Waals surface area (Å²) in [4.78, 5) is 13.0. The Hall–Kier alpha value is -4.46. The molecule has 3 aromatic rings. The van der Waals surface area contributed by atoms with Crippen LogP contribution >= 0.6 is 0 Å². The van der Waals surface area contributed by atoms with Crippen molar-refractivity contribution >= 4 is 17.3 Å². The molecule has 1 aliphatic rings. The number of ether oxygens (including phenoxy) is 2. The average Bonchev–Trinajstić information content (AvgIpc) is 3.07. The Morgan fingerprint density at radius 1 is 0.923 bits per heavy atom. The Morgan fingerprint density at radius 3 is 2.00 bits per heavy atom. The number of hydrazine groups is 1. The van der Waals surface area contributed by atoms with Gasteiger partial charge in [0.15, 0.2) is 17.9 Å². The van der Waals surface area contributed by atoms with E-state index in [1.54, 1.807) is 0 Å². The second-order valence-electron chi connectivity index (χ2n) is 8.07. The van der Waals surface area contributed by atoms with Crippen LogP contribution in [0, 0.1) is 23.3 Å². The predicted octanol–water partition coefficient (Wildman–Crippen LogP) is 4.93. The maximum atomic E-state index is 15.1. The van der Waals surface area contributed by atoms with Gasteiger partial charge in [0.1, 0.15) is 28.8 Å². The molecule has 206 valence electrons. The Labute approximate surface area is 216 Å². The maximum absolute atomic E-state index is 15.1. The Balaban J connectivity index is 1.80. The van der Waals surface area contributed by atoms with Crippen LogP contribution in [0.15, 0.2) is 60.3 Å². The summed E-state index contributed by atoms with van der Waals surface area (Å²) in [5.41, 5.74) is -2.90. The molecule has 0 radical (unpaired) electrons. The number of para-hydroxylation sites is 1. The molecule has 1 atom stereocenters. The highest BCUT2D eigenvalue weighted by molar-refractivity contribution is 5.97. The van der Waals surface area contributed by atoms with Gasteiger partial charge in [0.05, 0.1) is 24.1 Å². The van der Waals surface area contributed by atoms with Crippen LogP contribution in [0.1, 0.15) is 15.9 Å². The van der Waals surface area contributed by atoms with Gasteiger partial charge >= 0.3 is 6.36 Å². The minimum atomic E-state index is -4.97. The van der Waals surface area contributed by atoms with E-state index in [1.807, 2.05) is 0 Å². The van der Waals surface area contributed by atoms with Gasteiger partial charge in [0.25, 0.3) is 5.91 Å². The molecule has 2 N–H and O–H groups in total. The van der Waals surface area contributed by atoms with E-state index in [9.17, 15) is 31.9 Å². The molecule has 1 unspecified atom stereocenters. The summed E-state index contributed by atoms with van der Waals surface area (Å²) in [6, 6.07) is 8.07. The summed E-state index contributed by atoms with van der Waals surface area (Å²) in [5, 5.41) is 14.8. The zero-order valence-electron chi connectivity index (χ0n) is 20.0. The molecule has 0 bridgehead atoms. The fourth-order valence-corrected chi connectivity index (χ4v) is 3.99. The van der Waals surface area contributed by atoms with Crippen LogP contribution in [-0.4, -0.2) is 42.8 Å². The van der Waals surface area contributed by atoms with E-state index in [0.717, 1.165) is 73.8 Å². The average molecular weight is 557 g/mol. The molecule has 0 saturated heterocycles. The highest BCUT2D eigenvalue weighted by atomic mass is 19.4. The lowest BCUT2D eigenvalue weighted by molar-refractivity contribution is -0.274. The van der Waals surface area contributed by atoms with Crippen molar-refractivity contribution in [1.29, 1.82) is 0 Å². The first-order valence-electron chi connectivity index (χ1n) is 10.9. The fourth-order valence-electron chi connectivity index (χ4n) is 3.99. The second kappa shape index (κ2) is 10.4. The lowest BCUT2D eigenvalue weighted by atomic mass is 10.1. The standard InChI is InChI=1S/C25H18F7N3O4/c1-34-22(19-17(28)10-14(38-2)11-18(19)29)20(24(37)35(34)21-15(26)4-3-5-16(21)27)33-23(36)12-6-8-13(9-7-12)39-25(30,31)32/h3-11,24,37H,1-2H3,(H,33,36). The molecule has 0 aliphatic carbocycles. The fraction of sp³-hybridized carbons (Fsp3) is 0.160. The van der Waals surface area contributed by atoms with Gasteiger partial charge in [-0.3, -0.25) is 9.80 Å². The lowest BCUT2D eigenvalue weighted by Gasteiger charge is -2.32. The Morgan fingerprint density at radius 2 is 1.49 bits per heavy atom. The summed E-state index contributed by atoms with van der Waals surface area (Å²) in [6.45, 7) is 0. The van der Waals surface area contributed by atoms with E-state index < -0.39 is 70.2 Å². The first-order valence-corrected chi connectivity index (χ1v) is 10.9. The number of halogens is 7. The highest BCUT2D eigenvalue weighted by Crippen LogP contribution is 2.40. The SMILES string of the molecule is COc1cc(F)c(C2=C(NC(=O)c3ccc(OC(F)(F)F)cc3)C(O)N(c3c(F)cccc3F)N2C)c(F)c1. The van der Waals surface area contributed by atoms with E-state index in [-0.39, 0.29) is 11.3 Å². The molecular formula is C25H18F7N3O4. The monoisotopic (exact) mass is 557 g/mol.